The van der Waals surface area contributed by atoms with Crippen LogP contribution in [0.2, 0.25) is 0 Å². The van der Waals surface area contributed by atoms with E-state index in [4.69, 9.17) is 30.6 Å². The van der Waals surface area contributed by atoms with Gasteiger partial charge < -0.3 is 18.8 Å². The fraction of sp³-hybridized carbons (Fsp3) is 1.00. The molecule has 0 atom stereocenters. The Morgan fingerprint density at radius 1 is 1.40 bits per heavy atom. The molecule has 1 heterocycles. The van der Waals surface area contributed by atoms with Gasteiger partial charge in [0.05, 0.1) is 13.2 Å². The first-order valence-electron chi connectivity index (χ1n) is 4.11. The number of nitrogens with one attached hydrogen (secondary N) is 2. The molecule has 0 saturated carbocycles. The Balaban J connectivity index is 2.50. The number of hydrazine groups is 1. The van der Waals surface area contributed by atoms with Gasteiger partial charge in [0.15, 0.2) is 0 Å². The summed E-state index contributed by atoms with van der Waals surface area (Å²) >= 11 is 4.97. The van der Waals surface area contributed by atoms with Gasteiger partial charge in [-0.2, -0.15) is 10.4 Å². The van der Waals surface area contributed by atoms with Crippen molar-refractivity contribution in [3.8, 4) is 0 Å². The first kappa shape index (κ1) is 13.7. The molecular formula is C5H14N2O5P2S. The van der Waals surface area contributed by atoms with Crippen molar-refractivity contribution in [2.45, 2.75) is 13.8 Å². The molecule has 1 rings (SSSR count). The number of hydrogen-bond donors (Lipinski definition) is 4. The zero-order valence-corrected chi connectivity index (χ0v) is 10.9. The third-order valence-corrected chi connectivity index (χ3v) is 4.39. The van der Waals surface area contributed by atoms with Crippen LogP contribution in [0.15, 0.2) is 0 Å². The maximum Gasteiger partial charge on any atom is 0.414 e. The fourth-order valence-corrected chi connectivity index (χ4v) is 3.73. The van der Waals surface area contributed by atoms with Crippen LogP contribution in [-0.2, 0) is 25.4 Å². The summed E-state index contributed by atoms with van der Waals surface area (Å²) in [5, 5.41) is 4.02. The van der Waals surface area contributed by atoms with E-state index in [9.17, 15) is 4.57 Å². The van der Waals surface area contributed by atoms with Crippen molar-refractivity contribution in [2.75, 3.05) is 13.2 Å². The van der Waals surface area contributed by atoms with Gasteiger partial charge in [-0.1, -0.05) is 13.8 Å². The number of hydrogen-bond acceptors (Lipinski definition) is 4. The van der Waals surface area contributed by atoms with Gasteiger partial charge >= 0.3 is 7.75 Å². The third kappa shape index (κ3) is 4.99. The lowest BCUT2D eigenvalue weighted by Crippen LogP contribution is -2.36. The Kier molecular flexibility index (Phi) is 4.10. The van der Waals surface area contributed by atoms with E-state index in [2.05, 4.69) is 5.20 Å². The molecule has 0 aromatic carbocycles. The van der Waals surface area contributed by atoms with Gasteiger partial charge in [-0.15, -0.1) is 0 Å². The normalized spacial score (nSPS) is 25.1. The molecule has 1 saturated heterocycles. The highest BCUT2D eigenvalue weighted by Gasteiger charge is 2.34. The van der Waals surface area contributed by atoms with Crippen LogP contribution in [-0.4, -0.2) is 23.0 Å². The summed E-state index contributed by atoms with van der Waals surface area (Å²) in [7, 11) is -4.37. The Hall–Kier alpha value is 0.640. The number of rotatable bonds is 3. The van der Waals surface area contributed by atoms with Crippen LogP contribution >= 0.6 is 14.4 Å². The van der Waals surface area contributed by atoms with Crippen molar-refractivity contribution in [3.63, 3.8) is 0 Å². The lowest BCUT2D eigenvalue weighted by atomic mass is 9.97. The zero-order chi connectivity index (χ0) is 11.7. The van der Waals surface area contributed by atoms with Gasteiger partial charge in [0.1, 0.15) is 0 Å². The van der Waals surface area contributed by atoms with Crippen molar-refractivity contribution in [1.82, 2.24) is 10.4 Å². The van der Waals surface area contributed by atoms with Crippen LogP contribution in [0.5, 0.6) is 0 Å². The van der Waals surface area contributed by atoms with Crippen LogP contribution < -0.4 is 10.4 Å². The third-order valence-electron chi connectivity index (χ3n) is 1.58. The molecule has 0 spiro atoms. The average Bonchev–Trinajstić information content (AvgIpc) is 2.07. The van der Waals surface area contributed by atoms with E-state index in [1.807, 2.05) is 13.8 Å². The Labute approximate surface area is 92.9 Å². The second kappa shape index (κ2) is 4.49. The monoisotopic (exact) mass is 276 g/mol. The standard InChI is InChI=1S/C5H14N2O5P2S/c1-5(2)3-11-14(15,12-4-5)7-6-13(8,9)10/h3-4H2,1-2H3,(H,7,15)(H3,6,8,9,10). The van der Waals surface area contributed by atoms with Crippen LogP contribution in [0.4, 0.5) is 0 Å². The van der Waals surface area contributed by atoms with Gasteiger partial charge in [-0.05, 0) is 11.8 Å². The van der Waals surface area contributed by atoms with Gasteiger partial charge in [-0.25, -0.2) is 4.57 Å². The quantitative estimate of drug-likeness (QED) is 0.436. The summed E-state index contributed by atoms with van der Waals surface area (Å²) in [6, 6.07) is 0. The van der Waals surface area contributed by atoms with Crippen LogP contribution in [0, 0.1) is 5.41 Å². The molecule has 0 amide bonds. The zero-order valence-electron chi connectivity index (χ0n) is 8.34. The van der Waals surface area contributed by atoms with Crippen molar-refractivity contribution < 1.29 is 23.4 Å². The molecule has 4 N–H and O–H groups in total. The highest BCUT2D eigenvalue weighted by molar-refractivity contribution is 8.09. The minimum absolute atomic E-state index is 0.133. The molecule has 0 unspecified atom stereocenters. The maximum absolute atomic E-state index is 10.5. The van der Waals surface area contributed by atoms with Crippen molar-refractivity contribution >= 4 is 26.2 Å². The molecule has 0 radical (unpaired) electrons. The molecule has 7 nitrogen and oxygen atoms in total. The predicted molar refractivity (Wildman–Crippen MR) is 58.3 cm³/mol. The first-order chi connectivity index (χ1) is 6.62. The van der Waals surface area contributed by atoms with Gasteiger partial charge in [0, 0.05) is 5.41 Å². The van der Waals surface area contributed by atoms with Crippen molar-refractivity contribution in [3.05, 3.63) is 0 Å². The van der Waals surface area contributed by atoms with E-state index >= 15 is 0 Å². The van der Waals surface area contributed by atoms with E-state index < -0.39 is 14.4 Å². The molecule has 0 aromatic heterocycles. The minimum Gasteiger partial charge on any atom is -0.317 e. The topological polar surface area (TPSA) is 100 Å². The SMILES string of the molecule is CC1(C)COP(=S)(NNP(=O)(O)O)OC1. The molecule has 1 fully saturated rings. The van der Waals surface area contributed by atoms with E-state index in [0.717, 1.165) is 0 Å². The van der Waals surface area contributed by atoms with E-state index in [0.29, 0.717) is 13.2 Å². The average molecular weight is 276 g/mol. The summed E-state index contributed by atoms with van der Waals surface area (Å²) in [5.41, 5.74) is -0.133. The van der Waals surface area contributed by atoms with E-state index in [1.54, 1.807) is 5.20 Å². The summed E-state index contributed by atoms with van der Waals surface area (Å²) in [6.45, 7) is 1.86. The smallest absolute Gasteiger partial charge is 0.317 e. The molecule has 10 heteroatoms. The van der Waals surface area contributed by atoms with Crippen molar-refractivity contribution in [1.29, 1.82) is 0 Å². The van der Waals surface area contributed by atoms with E-state index in [1.165, 1.54) is 0 Å². The van der Waals surface area contributed by atoms with Gasteiger partial charge in [0.25, 0.3) is 6.64 Å². The second-order valence-corrected chi connectivity index (χ2v) is 8.46. The molecule has 1 aliphatic rings. The molecule has 1 aliphatic heterocycles. The van der Waals surface area contributed by atoms with E-state index in [-0.39, 0.29) is 5.41 Å². The second-order valence-electron chi connectivity index (χ2n) is 3.98. The summed E-state index contributed by atoms with van der Waals surface area (Å²) in [6.07, 6.45) is 0. The molecule has 0 aromatic rings. The molecule has 15 heavy (non-hydrogen) atoms. The molecule has 90 valence electrons. The molecular weight excluding hydrogens is 262 g/mol. The molecule has 0 bridgehead atoms. The maximum atomic E-state index is 10.5. The van der Waals surface area contributed by atoms with Crippen LogP contribution in [0.1, 0.15) is 13.8 Å². The fourth-order valence-electron chi connectivity index (χ4n) is 0.789. The largest absolute Gasteiger partial charge is 0.414 e. The summed E-state index contributed by atoms with van der Waals surface area (Å²) in [5.74, 6) is 0. The highest BCUT2D eigenvalue weighted by Crippen LogP contribution is 2.50. The van der Waals surface area contributed by atoms with Gasteiger partial charge in [-0.3, -0.25) is 0 Å². The Bertz CT molecular complexity index is 315. The summed E-state index contributed by atoms with van der Waals surface area (Å²) < 4.78 is 21.1. The summed E-state index contributed by atoms with van der Waals surface area (Å²) in [4.78, 5) is 17.1. The Morgan fingerprint density at radius 2 is 1.87 bits per heavy atom. The highest BCUT2D eigenvalue weighted by atomic mass is 32.5. The lowest BCUT2D eigenvalue weighted by Gasteiger charge is -2.36. The van der Waals surface area contributed by atoms with Gasteiger partial charge in [0.2, 0.25) is 0 Å². The first-order valence-corrected chi connectivity index (χ1v) is 8.36. The molecule has 0 aliphatic carbocycles. The minimum atomic E-state index is -4.37. The van der Waals surface area contributed by atoms with Crippen LogP contribution in [0.25, 0.3) is 0 Å². The lowest BCUT2D eigenvalue weighted by molar-refractivity contribution is 0.0558. The van der Waals surface area contributed by atoms with Crippen LogP contribution in [0.3, 0.4) is 0 Å². The van der Waals surface area contributed by atoms with Crippen molar-refractivity contribution in [2.24, 2.45) is 5.41 Å². The predicted octanol–water partition coefficient (Wildman–Crippen LogP) is 0.471. The Morgan fingerprint density at radius 3 is 2.27 bits per heavy atom.